The molecular formula is C29H41F2N7O. The second kappa shape index (κ2) is 13.0. The third-order valence-electron chi connectivity index (χ3n) is 8.06. The van der Waals surface area contributed by atoms with Gasteiger partial charge in [0.15, 0.2) is 5.65 Å². The Labute approximate surface area is 229 Å². The van der Waals surface area contributed by atoms with Crippen LogP contribution in [-0.4, -0.2) is 62.8 Å². The molecule has 0 amide bonds. The molecule has 2 N–H and O–H groups in total. The van der Waals surface area contributed by atoms with Crippen LogP contribution in [0.15, 0.2) is 24.4 Å². The predicted octanol–water partition coefficient (Wildman–Crippen LogP) is 6.43. The van der Waals surface area contributed by atoms with Gasteiger partial charge in [-0.05, 0) is 70.2 Å². The number of rotatable bonds is 12. The van der Waals surface area contributed by atoms with Crippen LogP contribution in [0.1, 0.15) is 77.7 Å². The van der Waals surface area contributed by atoms with Gasteiger partial charge < -0.3 is 20.3 Å². The van der Waals surface area contributed by atoms with Crippen molar-refractivity contribution in [1.82, 2.24) is 24.4 Å². The molecule has 5 rings (SSSR count). The van der Waals surface area contributed by atoms with E-state index in [1.165, 1.54) is 18.6 Å². The second-order valence-electron chi connectivity index (χ2n) is 10.8. The molecular weight excluding hydrogens is 500 g/mol. The Morgan fingerprint density at radius 1 is 1.03 bits per heavy atom. The molecule has 0 atom stereocenters. The molecule has 2 aliphatic rings. The number of imidazole rings is 1. The van der Waals surface area contributed by atoms with Gasteiger partial charge in [-0.2, -0.15) is 4.98 Å². The summed E-state index contributed by atoms with van der Waals surface area (Å²) in [5.74, 6) is -0.174. The first-order valence-electron chi connectivity index (χ1n) is 14.6. The molecule has 3 aromatic rings. The molecule has 2 aromatic heterocycles. The minimum atomic E-state index is -0.656. The van der Waals surface area contributed by atoms with Crippen LogP contribution in [0.25, 0.3) is 11.2 Å². The highest BCUT2D eigenvalue weighted by Gasteiger charge is 2.26. The Morgan fingerprint density at radius 2 is 1.82 bits per heavy atom. The van der Waals surface area contributed by atoms with Crippen molar-refractivity contribution in [2.75, 3.05) is 36.9 Å². The first-order valence-corrected chi connectivity index (χ1v) is 14.6. The monoisotopic (exact) mass is 541 g/mol. The topological polar surface area (TPSA) is 80.1 Å². The number of hydrogen-bond donors (Lipinski definition) is 2. The Kier molecular flexibility index (Phi) is 9.24. The van der Waals surface area contributed by atoms with E-state index in [9.17, 15) is 8.78 Å². The van der Waals surface area contributed by atoms with E-state index in [-0.39, 0.29) is 11.7 Å². The van der Waals surface area contributed by atoms with Gasteiger partial charge in [0.25, 0.3) is 0 Å². The van der Waals surface area contributed by atoms with E-state index in [1.807, 2.05) is 0 Å². The highest BCUT2D eigenvalue weighted by atomic mass is 19.1. The first-order chi connectivity index (χ1) is 19.0. The van der Waals surface area contributed by atoms with Crippen LogP contribution in [-0.2, 0) is 4.74 Å². The van der Waals surface area contributed by atoms with Crippen LogP contribution in [0.4, 0.5) is 26.4 Å². The molecule has 212 valence electrons. The normalized spacial score (nSPS) is 20.2. The van der Waals surface area contributed by atoms with Crippen LogP contribution in [0.2, 0.25) is 0 Å². The lowest BCUT2D eigenvalue weighted by Crippen LogP contribution is -2.33. The van der Waals surface area contributed by atoms with Crippen molar-refractivity contribution >= 4 is 28.7 Å². The summed E-state index contributed by atoms with van der Waals surface area (Å²) in [5.41, 5.74) is 1.57. The van der Waals surface area contributed by atoms with E-state index in [0.29, 0.717) is 29.6 Å². The predicted molar refractivity (Wildman–Crippen MR) is 150 cm³/mol. The number of aromatic nitrogens is 4. The van der Waals surface area contributed by atoms with Crippen LogP contribution < -0.4 is 10.6 Å². The summed E-state index contributed by atoms with van der Waals surface area (Å²) in [4.78, 5) is 16.6. The van der Waals surface area contributed by atoms with Crippen molar-refractivity contribution in [2.24, 2.45) is 0 Å². The number of fused-ring (bicyclic) bond motifs is 1. The SMILES string of the molecule is CCCN(CC)CCOC1CCC(Nc2ncc3nc(Nc4ccc(F)cc4F)n(C4CCCC4)c3n2)CC1. The van der Waals surface area contributed by atoms with Gasteiger partial charge in [-0.15, -0.1) is 0 Å². The summed E-state index contributed by atoms with van der Waals surface area (Å²) in [6.45, 7) is 8.40. The van der Waals surface area contributed by atoms with Gasteiger partial charge in [-0.25, -0.2) is 18.7 Å². The fourth-order valence-corrected chi connectivity index (χ4v) is 5.92. The Morgan fingerprint density at radius 3 is 2.54 bits per heavy atom. The molecule has 0 aliphatic heterocycles. The third kappa shape index (κ3) is 6.84. The van der Waals surface area contributed by atoms with E-state index in [1.54, 1.807) is 6.20 Å². The van der Waals surface area contributed by atoms with Crippen LogP contribution >= 0.6 is 0 Å². The van der Waals surface area contributed by atoms with Crippen molar-refractivity contribution in [1.29, 1.82) is 0 Å². The van der Waals surface area contributed by atoms with Crippen molar-refractivity contribution in [3.63, 3.8) is 0 Å². The minimum Gasteiger partial charge on any atom is -0.377 e. The van der Waals surface area contributed by atoms with Gasteiger partial charge >= 0.3 is 0 Å². The summed E-state index contributed by atoms with van der Waals surface area (Å²) < 4.78 is 36.1. The summed E-state index contributed by atoms with van der Waals surface area (Å²) in [6.07, 6.45) is 11.6. The van der Waals surface area contributed by atoms with Gasteiger partial charge in [-0.1, -0.05) is 26.7 Å². The Balaban J connectivity index is 1.24. The van der Waals surface area contributed by atoms with Crippen molar-refractivity contribution in [2.45, 2.75) is 89.8 Å². The summed E-state index contributed by atoms with van der Waals surface area (Å²) in [5, 5.41) is 6.62. The van der Waals surface area contributed by atoms with Crippen molar-refractivity contribution in [3.05, 3.63) is 36.0 Å². The quantitative estimate of drug-likeness (QED) is 0.273. The van der Waals surface area contributed by atoms with Crippen LogP contribution in [0, 0.1) is 11.6 Å². The maximum Gasteiger partial charge on any atom is 0.224 e. The van der Waals surface area contributed by atoms with E-state index >= 15 is 0 Å². The largest absolute Gasteiger partial charge is 0.377 e. The lowest BCUT2D eigenvalue weighted by Gasteiger charge is -2.30. The number of hydrogen-bond acceptors (Lipinski definition) is 7. The molecule has 10 heteroatoms. The molecule has 0 radical (unpaired) electrons. The lowest BCUT2D eigenvalue weighted by molar-refractivity contribution is 0.0150. The number of likely N-dealkylation sites (N-methyl/N-ethyl adjacent to an activating group) is 1. The Hall–Kier alpha value is -2.85. The van der Waals surface area contributed by atoms with Crippen molar-refractivity contribution in [3.8, 4) is 0 Å². The summed E-state index contributed by atoms with van der Waals surface area (Å²) >= 11 is 0. The number of nitrogens with zero attached hydrogens (tertiary/aromatic N) is 5. The average molecular weight is 542 g/mol. The number of nitrogens with one attached hydrogen (secondary N) is 2. The third-order valence-corrected chi connectivity index (χ3v) is 8.06. The molecule has 2 saturated carbocycles. The minimum absolute atomic E-state index is 0.184. The van der Waals surface area contributed by atoms with E-state index in [4.69, 9.17) is 14.7 Å². The highest BCUT2D eigenvalue weighted by molar-refractivity contribution is 5.76. The molecule has 2 fully saturated rings. The summed E-state index contributed by atoms with van der Waals surface area (Å²) in [6, 6.07) is 4.02. The number of anilines is 3. The number of benzene rings is 1. The maximum absolute atomic E-state index is 14.4. The van der Waals surface area contributed by atoms with E-state index in [2.05, 4.69) is 38.9 Å². The average Bonchev–Trinajstić information content (AvgIpc) is 3.58. The second-order valence-corrected chi connectivity index (χ2v) is 10.8. The van der Waals surface area contributed by atoms with E-state index in [0.717, 1.165) is 89.3 Å². The molecule has 1 aromatic carbocycles. The molecule has 2 aliphatic carbocycles. The number of halogens is 2. The Bertz CT molecular complexity index is 1220. The van der Waals surface area contributed by atoms with E-state index < -0.39 is 11.6 Å². The molecule has 0 spiro atoms. The molecule has 8 nitrogen and oxygen atoms in total. The lowest BCUT2D eigenvalue weighted by atomic mass is 9.93. The zero-order valence-electron chi connectivity index (χ0n) is 23.1. The fourth-order valence-electron chi connectivity index (χ4n) is 5.92. The van der Waals surface area contributed by atoms with Crippen LogP contribution in [0.5, 0.6) is 0 Å². The van der Waals surface area contributed by atoms with Gasteiger partial charge in [0.05, 0.1) is 24.6 Å². The van der Waals surface area contributed by atoms with Gasteiger partial charge in [-0.3, -0.25) is 4.57 Å². The molecule has 2 heterocycles. The zero-order chi connectivity index (χ0) is 27.2. The zero-order valence-corrected chi connectivity index (χ0v) is 23.1. The molecule has 0 bridgehead atoms. The van der Waals surface area contributed by atoms with Crippen LogP contribution in [0.3, 0.4) is 0 Å². The standard InChI is InChI=1S/C29H41F2N7O/c1-3-15-37(4-2)16-17-39-23-12-10-21(11-13-23)33-28-32-19-26-27(36-28)38(22-7-5-6-8-22)29(35-26)34-25-14-9-20(30)18-24(25)31/h9,14,18-19,21-23H,3-8,10-13,15-17H2,1-2H3,(H,34,35)(H,32,33,36). The molecule has 0 saturated heterocycles. The highest BCUT2D eigenvalue weighted by Crippen LogP contribution is 2.36. The smallest absolute Gasteiger partial charge is 0.224 e. The maximum atomic E-state index is 14.4. The van der Waals surface area contributed by atoms with Gasteiger partial charge in [0.1, 0.15) is 17.2 Å². The van der Waals surface area contributed by atoms with Gasteiger partial charge in [0.2, 0.25) is 11.9 Å². The number of ether oxygens (including phenoxy) is 1. The first kappa shape index (κ1) is 27.7. The fraction of sp³-hybridized carbons (Fsp3) is 0.621. The molecule has 39 heavy (non-hydrogen) atoms. The summed E-state index contributed by atoms with van der Waals surface area (Å²) in [7, 11) is 0. The van der Waals surface area contributed by atoms with Crippen molar-refractivity contribution < 1.29 is 13.5 Å². The molecule has 0 unspecified atom stereocenters. The van der Waals surface area contributed by atoms with Gasteiger partial charge in [0, 0.05) is 24.7 Å².